The van der Waals surface area contributed by atoms with Gasteiger partial charge in [-0.15, -0.1) is 0 Å². The third-order valence-corrected chi connectivity index (χ3v) is 6.22. The summed E-state index contributed by atoms with van der Waals surface area (Å²) in [6.45, 7) is 4.57. The van der Waals surface area contributed by atoms with Gasteiger partial charge in [0.05, 0.1) is 12.0 Å². The van der Waals surface area contributed by atoms with Crippen LogP contribution in [0.4, 0.5) is 13.2 Å². The summed E-state index contributed by atoms with van der Waals surface area (Å²) in [5.74, 6) is -1.55. The fraction of sp³-hybridized carbons (Fsp3) is 0.500. The lowest BCUT2D eigenvalue weighted by Crippen LogP contribution is -2.29. The van der Waals surface area contributed by atoms with E-state index in [1.165, 1.54) is 18.1 Å². The number of nitrogens with zero attached hydrogens (tertiary/aromatic N) is 2. The molecule has 0 saturated heterocycles. The van der Waals surface area contributed by atoms with Crippen molar-refractivity contribution in [1.82, 2.24) is 4.90 Å². The van der Waals surface area contributed by atoms with Crippen molar-refractivity contribution < 1.29 is 13.2 Å². The van der Waals surface area contributed by atoms with Gasteiger partial charge in [-0.05, 0) is 62.3 Å². The molecule has 0 aliphatic heterocycles. The molecule has 3 atom stereocenters. The monoisotopic (exact) mass is 430 g/mol. The molecule has 1 aliphatic carbocycles. The zero-order chi connectivity index (χ0) is 22.9. The predicted molar refractivity (Wildman–Crippen MR) is 120 cm³/mol. The molecule has 2 aromatic rings. The largest absolute Gasteiger partial charge is 0.392 e. The van der Waals surface area contributed by atoms with Gasteiger partial charge in [0, 0.05) is 19.5 Å². The average molecular weight is 431 g/mol. The van der Waals surface area contributed by atoms with Crippen LogP contribution in [0, 0.1) is 17.2 Å². The van der Waals surface area contributed by atoms with E-state index in [0.29, 0.717) is 18.9 Å². The van der Waals surface area contributed by atoms with Gasteiger partial charge < -0.3 is 0 Å². The van der Waals surface area contributed by atoms with E-state index >= 15 is 0 Å². The Bertz CT molecular complexity index is 809. The Morgan fingerprint density at radius 1 is 1.03 bits per heavy atom. The number of halogens is 3. The first-order chi connectivity index (χ1) is 14.8. The minimum atomic E-state index is -4.08. The number of aryl methyl sites for hydroxylation is 1. The van der Waals surface area contributed by atoms with Crippen LogP contribution in [0.1, 0.15) is 62.1 Å². The number of hydrogen-bond donors (Lipinski definition) is 0. The predicted octanol–water partition coefficient (Wildman–Crippen LogP) is 7.12. The van der Waals surface area contributed by atoms with Gasteiger partial charge in [-0.1, -0.05) is 61.0 Å². The first-order valence-corrected chi connectivity index (χ1v) is 11.0. The molecule has 0 N–H and O–H groups in total. The second-order valence-electron chi connectivity index (χ2n) is 8.44. The Morgan fingerprint density at radius 3 is 2.23 bits per heavy atom. The van der Waals surface area contributed by atoms with Crippen molar-refractivity contribution in [3.05, 3.63) is 71.3 Å². The smallest absolute Gasteiger partial charge is 0.299 e. The van der Waals surface area contributed by atoms with Crippen LogP contribution in [-0.4, -0.2) is 24.2 Å². The lowest BCUT2D eigenvalue weighted by atomic mass is 9.87. The number of benzene rings is 2. The highest BCUT2D eigenvalue weighted by atomic mass is 19.4. The Balaban J connectivity index is 0.00000107. The maximum atomic E-state index is 13.2. The van der Waals surface area contributed by atoms with Crippen LogP contribution < -0.4 is 0 Å². The van der Waals surface area contributed by atoms with Crippen molar-refractivity contribution in [2.75, 3.05) is 7.05 Å². The van der Waals surface area contributed by atoms with E-state index in [4.69, 9.17) is 5.26 Å². The molecule has 0 radical (unpaired) electrons. The molecule has 3 rings (SSSR count). The second-order valence-corrected chi connectivity index (χ2v) is 8.44. The summed E-state index contributed by atoms with van der Waals surface area (Å²) in [5, 5.41) is 7.32. The SMILES string of the molecule is CC#N.CC(CCc1ccc(C2CCCC2C(F)(F)F)cc1)N(C)Cc1ccccc1. The summed E-state index contributed by atoms with van der Waals surface area (Å²) in [5.41, 5.74) is 3.35. The lowest BCUT2D eigenvalue weighted by molar-refractivity contribution is -0.176. The number of nitriles is 1. The van der Waals surface area contributed by atoms with E-state index in [-0.39, 0.29) is 12.3 Å². The van der Waals surface area contributed by atoms with Crippen molar-refractivity contribution in [1.29, 1.82) is 5.26 Å². The van der Waals surface area contributed by atoms with Crippen LogP contribution in [0.25, 0.3) is 0 Å². The number of rotatable bonds is 7. The van der Waals surface area contributed by atoms with E-state index in [1.54, 1.807) is 6.07 Å². The highest BCUT2D eigenvalue weighted by molar-refractivity contribution is 5.27. The van der Waals surface area contributed by atoms with Crippen LogP contribution in [0.15, 0.2) is 54.6 Å². The molecule has 0 aromatic heterocycles. The van der Waals surface area contributed by atoms with Crippen LogP contribution in [0.2, 0.25) is 0 Å². The highest BCUT2D eigenvalue weighted by Crippen LogP contribution is 2.48. The van der Waals surface area contributed by atoms with Gasteiger partial charge >= 0.3 is 6.18 Å². The Hall–Kier alpha value is -2.32. The fourth-order valence-electron chi connectivity index (χ4n) is 4.31. The lowest BCUT2D eigenvalue weighted by Gasteiger charge is -2.25. The van der Waals surface area contributed by atoms with Crippen LogP contribution in [0.5, 0.6) is 0 Å². The molecule has 31 heavy (non-hydrogen) atoms. The molecule has 0 spiro atoms. The summed E-state index contributed by atoms with van der Waals surface area (Å²) >= 11 is 0. The highest BCUT2D eigenvalue weighted by Gasteiger charge is 2.47. The second kappa shape index (κ2) is 11.9. The quantitative estimate of drug-likeness (QED) is 0.468. The summed E-state index contributed by atoms with van der Waals surface area (Å²) < 4.78 is 39.6. The number of hydrogen-bond acceptors (Lipinski definition) is 2. The topological polar surface area (TPSA) is 27.0 Å². The normalized spacial score (nSPS) is 19.4. The Morgan fingerprint density at radius 2 is 1.65 bits per heavy atom. The van der Waals surface area contributed by atoms with Gasteiger partial charge in [-0.25, -0.2) is 0 Å². The molecule has 168 valence electrons. The molecule has 1 saturated carbocycles. The van der Waals surface area contributed by atoms with Crippen molar-refractivity contribution >= 4 is 0 Å². The zero-order valence-corrected chi connectivity index (χ0v) is 18.7. The molecule has 0 amide bonds. The van der Waals surface area contributed by atoms with Gasteiger partial charge in [0.15, 0.2) is 0 Å². The van der Waals surface area contributed by atoms with Crippen LogP contribution in [-0.2, 0) is 13.0 Å². The summed E-state index contributed by atoms with van der Waals surface area (Å²) in [6, 6.07) is 20.5. The van der Waals surface area contributed by atoms with Gasteiger partial charge in [-0.3, -0.25) is 4.90 Å². The standard InChI is InChI=1S/C24H30F3N.C2H3N/c1-18(28(2)17-20-7-4-3-5-8-20)11-12-19-13-15-21(16-14-19)22-9-6-10-23(22)24(25,26)27;1-2-3/h3-5,7-8,13-16,18,22-23H,6,9-12,17H2,1-2H3;1H3. The summed E-state index contributed by atoms with van der Waals surface area (Å²) in [6.07, 6.45) is -0.544. The summed E-state index contributed by atoms with van der Waals surface area (Å²) in [7, 11) is 2.14. The van der Waals surface area contributed by atoms with Crippen molar-refractivity contribution in [3.8, 4) is 6.07 Å². The zero-order valence-electron chi connectivity index (χ0n) is 18.7. The molecule has 2 aromatic carbocycles. The van der Waals surface area contributed by atoms with Gasteiger partial charge in [-0.2, -0.15) is 18.4 Å². The molecular formula is C26H33F3N2. The van der Waals surface area contributed by atoms with Crippen LogP contribution >= 0.6 is 0 Å². The minimum Gasteiger partial charge on any atom is -0.299 e. The molecule has 2 nitrogen and oxygen atoms in total. The van der Waals surface area contributed by atoms with E-state index in [9.17, 15) is 13.2 Å². The van der Waals surface area contributed by atoms with E-state index in [1.807, 2.05) is 30.3 Å². The molecule has 1 fully saturated rings. The van der Waals surface area contributed by atoms with E-state index < -0.39 is 12.1 Å². The summed E-state index contributed by atoms with van der Waals surface area (Å²) in [4.78, 5) is 2.34. The Kier molecular flexibility index (Phi) is 9.58. The van der Waals surface area contributed by atoms with Gasteiger partial charge in [0.1, 0.15) is 0 Å². The first-order valence-electron chi connectivity index (χ1n) is 11.0. The van der Waals surface area contributed by atoms with Crippen molar-refractivity contribution in [2.24, 2.45) is 5.92 Å². The molecule has 1 aliphatic rings. The van der Waals surface area contributed by atoms with E-state index in [2.05, 4.69) is 43.1 Å². The molecule has 5 heteroatoms. The molecule has 0 bridgehead atoms. The van der Waals surface area contributed by atoms with Crippen molar-refractivity contribution in [2.45, 2.75) is 70.6 Å². The molecular weight excluding hydrogens is 397 g/mol. The maximum absolute atomic E-state index is 13.2. The van der Waals surface area contributed by atoms with Crippen LogP contribution in [0.3, 0.4) is 0 Å². The van der Waals surface area contributed by atoms with Crippen molar-refractivity contribution in [3.63, 3.8) is 0 Å². The Labute approximate surface area is 184 Å². The maximum Gasteiger partial charge on any atom is 0.392 e. The van der Waals surface area contributed by atoms with Gasteiger partial charge in [0.25, 0.3) is 0 Å². The van der Waals surface area contributed by atoms with E-state index in [0.717, 1.165) is 24.9 Å². The molecule has 0 heterocycles. The minimum absolute atomic E-state index is 0.265. The fourth-order valence-corrected chi connectivity index (χ4v) is 4.31. The van der Waals surface area contributed by atoms with Gasteiger partial charge in [0.2, 0.25) is 0 Å². The third kappa shape index (κ3) is 7.70. The third-order valence-electron chi connectivity index (χ3n) is 6.22. The first kappa shape index (κ1) is 24.9. The average Bonchev–Trinajstić information content (AvgIpc) is 3.24. The number of alkyl halides is 3. The molecule has 3 unspecified atom stereocenters.